The number of halogens is 2. The van der Waals surface area contributed by atoms with E-state index in [0.29, 0.717) is 4.68 Å². The van der Waals surface area contributed by atoms with Gasteiger partial charge in [0.1, 0.15) is 17.6 Å². The van der Waals surface area contributed by atoms with Crippen LogP contribution in [0.25, 0.3) is 11.0 Å². The number of alkyl halides is 1. The van der Waals surface area contributed by atoms with Crippen LogP contribution >= 0.6 is 0 Å². The summed E-state index contributed by atoms with van der Waals surface area (Å²) >= 11 is 0. The second-order valence-corrected chi connectivity index (χ2v) is 5.78. The van der Waals surface area contributed by atoms with Crippen LogP contribution in [0.2, 0.25) is 0 Å². The molecular formula is C14H15F2N5O4. The molecular weight excluding hydrogens is 340 g/mol. The molecule has 9 nitrogen and oxygen atoms in total. The Morgan fingerprint density at radius 2 is 2.24 bits per heavy atom. The van der Waals surface area contributed by atoms with E-state index >= 15 is 4.39 Å². The van der Waals surface area contributed by atoms with Crippen LogP contribution in [-0.4, -0.2) is 48.4 Å². The largest absolute Gasteiger partial charge is 0.391 e. The van der Waals surface area contributed by atoms with Gasteiger partial charge in [-0.1, -0.05) is 5.92 Å². The van der Waals surface area contributed by atoms with E-state index in [-0.39, 0.29) is 5.65 Å². The molecule has 0 spiro atoms. The Morgan fingerprint density at radius 1 is 1.60 bits per heavy atom. The molecule has 3 rings (SSSR count). The highest BCUT2D eigenvalue weighted by molar-refractivity contribution is 5.77. The topological polar surface area (TPSA) is 142 Å². The zero-order valence-corrected chi connectivity index (χ0v) is 12.9. The van der Waals surface area contributed by atoms with Crippen molar-refractivity contribution < 1.29 is 23.7 Å². The molecule has 2 aromatic rings. The highest BCUT2D eigenvalue weighted by atomic mass is 19.1. The average molecular weight is 355 g/mol. The lowest BCUT2D eigenvalue weighted by molar-refractivity contribution is -0.0776. The fourth-order valence-electron chi connectivity index (χ4n) is 2.87. The summed E-state index contributed by atoms with van der Waals surface area (Å²) in [6, 6.07) is 0. The first-order valence-electron chi connectivity index (χ1n) is 7.15. The van der Waals surface area contributed by atoms with Crippen molar-refractivity contribution in [1.82, 2.24) is 14.2 Å². The Morgan fingerprint density at radius 3 is 2.80 bits per heavy atom. The fraction of sp³-hybridized carbons (Fsp3) is 0.429. The first-order valence-corrected chi connectivity index (χ1v) is 7.15. The standard InChI is InChI=1S/C14H15F2N5O4/c1-3-14(16)9(23)8(5(2)22)25-12(14)20-4-6(15)7-10(20)19-13(17)21(18)11(7)24/h1,4-5,8-9,12,22-23H,18H2,2H3,(H2,17,19)/t5-,8-,9?,12-,14-/m1/s1. The van der Waals surface area contributed by atoms with Crippen molar-refractivity contribution in [2.24, 2.45) is 0 Å². The normalized spacial score (nSPS) is 30.5. The van der Waals surface area contributed by atoms with Crippen LogP contribution in [0.1, 0.15) is 13.2 Å². The Kier molecular flexibility index (Phi) is 3.72. The number of fused-ring (bicyclic) bond motifs is 1. The number of anilines is 1. The van der Waals surface area contributed by atoms with Gasteiger partial charge in [-0.3, -0.25) is 9.36 Å². The number of hydrogen-bond donors (Lipinski definition) is 4. The number of aromatic nitrogens is 3. The molecule has 134 valence electrons. The van der Waals surface area contributed by atoms with E-state index in [4.69, 9.17) is 22.7 Å². The third-order valence-electron chi connectivity index (χ3n) is 4.20. The molecule has 0 radical (unpaired) electrons. The zero-order chi connectivity index (χ0) is 18.7. The molecule has 1 saturated heterocycles. The summed E-state index contributed by atoms with van der Waals surface area (Å²) in [5.74, 6) is 5.65. The van der Waals surface area contributed by atoms with Gasteiger partial charge in [-0.2, -0.15) is 9.66 Å². The summed E-state index contributed by atoms with van der Waals surface area (Å²) in [6.45, 7) is 1.27. The number of nitrogen functional groups attached to an aromatic ring is 2. The van der Waals surface area contributed by atoms with Crippen molar-refractivity contribution in [3.8, 4) is 12.3 Å². The summed E-state index contributed by atoms with van der Waals surface area (Å²) < 4.78 is 36.0. The minimum atomic E-state index is -2.81. The second kappa shape index (κ2) is 5.41. The quantitative estimate of drug-likeness (QED) is 0.384. The Hall–Kier alpha value is -2.68. The molecule has 5 atom stereocenters. The van der Waals surface area contributed by atoms with Crippen molar-refractivity contribution in [1.29, 1.82) is 0 Å². The van der Waals surface area contributed by atoms with Gasteiger partial charge in [0, 0.05) is 6.20 Å². The summed E-state index contributed by atoms with van der Waals surface area (Å²) in [6.07, 6.45) is -0.349. The number of ether oxygens (including phenoxy) is 1. The Bertz CT molecular complexity index is 949. The number of hydrogen-bond acceptors (Lipinski definition) is 7. The van der Waals surface area contributed by atoms with Crippen LogP contribution in [0, 0.1) is 18.2 Å². The van der Waals surface area contributed by atoms with Gasteiger partial charge >= 0.3 is 0 Å². The van der Waals surface area contributed by atoms with Gasteiger partial charge in [0.05, 0.1) is 6.10 Å². The molecule has 1 aliphatic heterocycles. The van der Waals surface area contributed by atoms with E-state index in [1.165, 1.54) is 6.92 Å². The van der Waals surface area contributed by atoms with Crippen LogP contribution in [-0.2, 0) is 4.74 Å². The van der Waals surface area contributed by atoms with Gasteiger partial charge in [-0.05, 0) is 6.92 Å². The van der Waals surface area contributed by atoms with E-state index in [1.807, 2.05) is 0 Å². The van der Waals surface area contributed by atoms with Gasteiger partial charge in [0.2, 0.25) is 11.6 Å². The smallest absolute Gasteiger partial charge is 0.285 e. The molecule has 6 N–H and O–H groups in total. The van der Waals surface area contributed by atoms with Gasteiger partial charge in [-0.15, -0.1) is 6.42 Å². The lowest BCUT2D eigenvalue weighted by atomic mass is 9.95. The summed E-state index contributed by atoms with van der Waals surface area (Å²) in [4.78, 5) is 15.8. The number of rotatable bonds is 2. The monoisotopic (exact) mass is 355 g/mol. The minimum absolute atomic E-state index is 0.359. The van der Waals surface area contributed by atoms with Crippen molar-refractivity contribution in [2.45, 2.75) is 37.1 Å². The number of nitrogens with two attached hydrogens (primary N) is 2. The predicted molar refractivity (Wildman–Crippen MR) is 82.8 cm³/mol. The van der Waals surface area contributed by atoms with Crippen LogP contribution in [0.15, 0.2) is 11.0 Å². The van der Waals surface area contributed by atoms with Crippen molar-refractivity contribution in [3.05, 3.63) is 22.4 Å². The molecule has 2 aromatic heterocycles. The lowest BCUT2D eigenvalue weighted by Crippen LogP contribution is -2.43. The zero-order valence-electron chi connectivity index (χ0n) is 12.9. The van der Waals surface area contributed by atoms with Crippen LogP contribution in [0.4, 0.5) is 14.7 Å². The molecule has 0 aromatic carbocycles. The van der Waals surface area contributed by atoms with Gasteiger partial charge in [0.15, 0.2) is 17.7 Å². The van der Waals surface area contributed by atoms with Crippen molar-refractivity contribution in [3.63, 3.8) is 0 Å². The molecule has 1 aliphatic rings. The number of nitrogens with zero attached hydrogens (tertiary/aromatic N) is 3. The van der Waals surface area contributed by atoms with Gasteiger partial charge in [-0.25, -0.2) is 8.78 Å². The van der Waals surface area contributed by atoms with Crippen LogP contribution in [0.3, 0.4) is 0 Å². The second-order valence-electron chi connectivity index (χ2n) is 5.78. The first-order chi connectivity index (χ1) is 11.6. The highest BCUT2D eigenvalue weighted by Crippen LogP contribution is 2.43. The minimum Gasteiger partial charge on any atom is -0.391 e. The molecule has 0 aliphatic carbocycles. The summed E-state index contributed by atoms with van der Waals surface area (Å²) in [7, 11) is 0. The van der Waals surface area contributed by atoms with Gasteiger partial charge < -0.3 is 26.5 Å². The van der Waals surface area contributed by atoms with E-state index < -0.39 is 52.9 Å². The molecule has 1 fully saturated rings. The lowest BCUT2D eigenvalue weighted by Gasteiger charge is -2.24. The Labute approximate surface area is 139 Å². The predicted octanol–water partition coefficient (Wildman–Crippen LogP) is -1.39. The maximum absolute atomic E-state index is 15.2. The molecule has 1 unspecified atom stereocenters. The maximum Gasteiger partial charge on any atom is 0.285 e. The first kappa shape index (κ1) is 17.2. The third-order valence-corrected chi connectivity index (χ3v) is 4.20. The van der Waals surface area contributed by atoms with E-state index in [2.05, 4.69) is 4.98 Å². The SMILES string of the molecule is C#C[C@@]1(F)C(O)[C@@H]([C@@H](C)O)O[C@H]1n1cc(F)c2c(=O)n(N)c(N)nc21. The van der Waals surface area contributed by atoms with Crippen molar-refractivity contribution in [2.75, 3.05) is 11.6 Å². The number of aliphatic hydroxyl groups is 2. The maximum atomic E-state index is 15.2. The van der Waals surface area contributed by atoms with Crippen molar-refractivity contribution >= 4 is 17.0 Å². The van der Waals surface area contributed by atoms with E-state index in [0.717, 1.165) is 10.8 Å². The summed E-state index contributed by atoms with van der Waals surface area (Å²) in [5.41, 5.74) is 1.33. The summed E-state index contributed by atoms with van der Waals surface area (Å²) in [5, 5.41) is 19.2. The molecule has 11 heteroatoms. The molecule has 0 bridgehead atoms. The number of aliphatic hydroxyl groups excluding tert-OH is 2. The van der Waals surface area contributed by atoms with E-state index in [1.54, 1.807) is 5.92 Å². The van der Waals surface area contributed by atoms with Crippen LogP contribution < -0.4 is 17.1 Å². The van der Waals surface area contributed by atoms with E-state index in [9.17, 15) is 19.4 Å². The fourth-order valence-corrected chi connectivity index (χ4v) is 2.87. The van der Waals surface area contributed by atoms with Gasteiger partial charge in [0.25, 0.3) is 5.56 Å². The Balaban J connectivity index is 2.26. The molecule has 0 saturated carbocycles. The molecule has 25 heavy (non-hydrogen) atoms. The molecule has 3 heterocycles. The average Bonchev–Trinajstić information content (AvgIpc) is 3.01. The highest BCUT2D eigenvalue weighted by Gasteiger charge is 2.59. The molecule has 0 amide bonds. The third kappa shape index (κ3) is 2.19. The van der Waals surface area contributed by atoms with Crippen LogP contribution in [0.5, 0.6) is 0 Å². The number of terminal acetylenes is 1.